The summed E-state index contributed by atoms with van der Waals surface area (Å²) in [4.78, 5) is 12.1. The highest BCUT2D eigenvalue weighted by Crippen LogP contribution is 2.25. The molecule has 4 heteroatoms. The summed E-state index contributed by atoms with van der Waals surface area (Å²) in [5, 5.41) is 5.12. The standard InChI is InChI=1S/C22H23NO3/c1-3-23-22(24)18-10-12-21(25-4-2)19(13-18)15-26-20-11-9-16-7-5-6-8-17(16)14-20/h5-14H,3-4,15H2,1-2H3,(H,23,24). The maximum atomic E-state index is 12.1. The van der Waals surface area contributed by atoms with Crippen LogP contribution in [-0.4, -0.2) is 19.1 Å². The number of ether oxygens (including phenoxy) is 2. The van der Waals surface area contributed by atoms with Gasteiger partial charge in [0, 0.05) is 17.7 Å². The quantitative estimate of drug-likeness (QED) is 0.680. The van der Waals surface area contributed by atoms with E-state index in [0.717, 1.165) is 22.4 Å². The lowest BCUT2D eigenvalue weighted by Gasteiger charge is -2.13. The molecule has 4 nitrogen and oxygen atoms in total. The Balaban J connectivity index is 1.81. The zero-order chi connectivity index (χ0) is 18.4. The van der Waals surface area contributed by atoms with E-state index in [1.165, 1.54) is 5.39 Å². The van der Waals surface area contributed by atoms with Gasteiger partial charge in [-0.25, -0.2) is 0 Å². The number of benzene rings is 3. The average molecular weight is 349 g/mol. The fourth-order valence-electron chi connectivity index (χ4n) is 2.81. The molecule has 0 fully saturated rings. The van der Waals surface area contributed by atoms with E-state index >= 15 is 0 Å². The van der Waals surface area contributed by atoms with Crippen molar-refractivity contribution in [1.82, 2.24) is 5.32 Å². The number of hydrogen-bond acceptors (Lipinski definition) is 3. The molecule has 0 unspecified atom stereocenters. The monoisotopic (exact) mass is 349 g/mol. The number of amides is 1. The minimum absolute atomic E-state index is 0.0949. The van der Waals surface area contributed by atoms with Crippen LogP contribution in [0.15, 0.2) is 60.7 Å². The molecule has 0 aliphatic carbocycles. The molecule has 0 saturated heterocycles. The van der Waals surface area contributed by atoms with Crippen LogP contribution in [0.2, 0.25) is 0 Å². The highest BCUT2D eigenvalue weighted by molar-refractivity contribution is 5.94. The maximum Gasteiger partial charge on any atom is 0.251 e. The fraction of sp³-hybridized carbons (Fsp3) is 0.227. The van der Waals surface area contributed by atoms with Crippen molar-refractivity contribution in [3.8, 4) is 11.5 Å². The number of rotatable bonds is 7. The van der Waals surface area contributed by atoms with Crippen LogP contribution in [0.5, 0.6) is 11.5 Å². The molecule has 3 rings (SSSR count). The molecule has 1 N–H and O–H groups in total. The van der Waals surface area contributed by atoms with Gasteiger partial charge in [0.2, 0.25) is 0 Å². The third-order valence-electron chi connectivity index (χ3n) is 4.08. The van der Waals surface area contributed by atoms with E-state index in [1.807, 2.05) is 56.3 Å². The molecule has 0 aliphatic heterocycles. The van der Waals surface area contributed by atoms with Crippen molar-refractivity contribution in [2.45, 2.75) is 20.5 Å². The third-order valence-corrected chi connectivity index (χ3v) is 4.08. The van der Waals surface area contributed by atoms with Gasteiger partial charge in [-0.3, -0.25) is 4.79 Å². The van der Waals surface area contributed by atoms with Crippen LogP contribution in [0, 0.1) is 0 Å². The smallest absolute Gasteiger partial charge is 0.251 e. The summed E-state index contributed by atoms with van der Waals surface area (Å²) in [6.45, 7) is 5.32. The van der Waals surface area contributed by atoms with Crippen LogP contribution in [0.25, 0.3) is 10.8 Å². The van der Waals surface area contributed by atoms with E-state index in [4.69, 9.17) is 9.47 Å². The molecular formula is C22H23NO3. The Bertz CT molecular complexity index is 905. The van der Waals surface area contributed by atoms with Crippen molar-refractivity contribution in [2.75, 3.05) is 13.2 Å². The molecule has 26 heavy (non-hydrogen) atoms. The Labute approximate surface area is 153 Å². The van der Waals surface area contributed by atoms with E-state index in [9.17, 15) is 4.79 Å². The van der Waals surface area contributed by atoms with Gasteiger partial charge in [-0.05, 0) is 55.0 Å². The lowest BCUT2D eigenvalue weighted by Crippen LogP contribution is -2.22. The van der Waals surface area contributed by atoms with Gasteiger partial charge in [-0.1, -0.05) is 30.3 Å². The number of carbonyl (C=O) groups excluding carboxylic acids is 1. The second-order valence-electron chi connectivity index (χ2n) is 5.91. The number of fused-ring (bicyclic) bond motifs is 1. The molecule has 134 valence electrons. The normalized spacial score (nSPS) is 10.5. The summed E-state index contributed by atoms with van der Waals surface area (Å²) in [7, 11) is 0. The van der Waals surface area contributed by atoms with Crippen LogP contribution in [0.4, 0.5) is 0 Å². The van der Waals surface area contributed by atoms with Crippen molar-refractivity contribution in [3.05, 3.63) is 71.8 Å². The van der Waals surface area contributed by atoms with Gasteiger partial charge in [-0.15, -0.1) is 0 Å². The largest absolute Gasteiger partial charge is 0.493 e. The topological polar surface area (TPSA) is 47.6 Å². The Morgan fingerprint density at radius 3 is 2.50 bits per heavy atom. The molecule has 0 saturated carbocycles. The Morgan fingerprint density at radius 2 is 1.73 bits per heavy atom. The molecule has 0 bridgehead atoms. The number of nitrogens with one attached hydrogen (secondary N) is 1. The predicted molar refractivity (Wildman–Crippen MR) is 104 cm³/mol. The fourth-order valence-corrected chi connectivity index (χ4v) is 2.81. The minimum Gasteiger partial charge on any atom is -0.493 e. The maximum absolute atomic E-state index is 12.1. The van der Waals surface area contributed by atoms with Crippen LogP contribution >= 0.6 is 0 Å². The van der Waals surface area contributed by atoms with Gasteiger partial charge in [-0.2, -0.15) is 0 Å². The van der Waals surface area contributed by atoms with Crippen molar-refractivity contribution in [3.63, 3.8) is 0 Å². The van der Waals surface area contributed by atoms with Gasteiger partial charge in [0.25, 0.3) is 5.91 Å². The van der Waals surface area contributed by atoms with E-state index < -0.39 is 0 Å². The molecule has 3 aromatic rings. The van der Waals surface area contributed by atoms with Gasteiger partial charge < -0.3 is 14.8 Å². The highest BCUT2D eigenvalue weighted by Gasteiger charge is 2.11. The average Bonchev–Trinajstić information content (AvgIpc) is 2.67. The van der Waals surface area contributed by atoms with E-state index in [0.29, 0.717) is 25.3 Å². The summed E-state index contributed by atoms with van der Waals surface area (Å²) in [5.74, 6) is 1.43. The lowest BCUT2D eigenvalue weighted by molar-refractivity contribution is 0.0955. The highest BCUT2D eigenvalue weighted by atomic mass is 16.5. The molecule has 0 spiro atoms. The first-order chi connectivity index (χ1) is 12.7. The summed E-state index contributed by atoms with van der Waals surface area (Å²) in [6, 6.07) is 19.6. The number of carbonyl (C=O) groups is 1. The Hall–Kier alpha value is -3.01. The second kappa shape index (κ2) is 8.39. The summed E-state index contributed by atoms with van der Waals surface area (Å²) in [5.41, 5.74) is 1.45. The Kier molecular flexibility index (Phi) is 5.74. The first-order valence-electron chi connectivity index (χ1n) is 8.86. The molecular weight excluding hydrogens is 326 g/mol. The molecule has 0 heterocycles. The van der Waals surface area contributed by atoms with E-state index in [-0.39, 0.29) is 5.91 Å². The Morgan fingerprint density at radius 1 is 0.923 bits per heavy atom. The molecule has 0 radical (unpaired) electrons. The molecule has 3 aromatic carbocycles. The van der Waals surface area contributed by atoms with E-state index in [1.54, 1.807) is 6.07 Å². The molecule has 0 aliphatic rings. The van der Waals surface area contributed by atoms with Gasteiger partial charge >= 0.3 is 0 Å². The van der Waals surface area contributed by atoms with Crippen LogP contribution in [-0.2, 0) is 6.61 Å². The lowest BCUT2D eigenvalue weighted by atomic mass is 10.1. The summed E-state index contributed by atoms with van der Waals surface area (Å²) >= 11 is 0. The second-order valence-corrected chi connectivity index (χ2v) is 5.91. The zero-order valence-electron chi connectivity index (χ0n) is 15.1. The van der Waals surface area contributed by atoms with Crippen molar-refractivity contribution < 1.29 is 14.3 Å². The third kappa shape index (κ3) is 4.14. The molecule has 0 atom stereocenters. The zero-order valence-corrected chi connectivity index (χ0v) is 15.1. The summed E-state index contributed by atoms with van der Waals surface area (Å²) in [6.07, 6.45) is 0. The summed E-state index contributed by atoms with van der Waals surface area (Å²) < 4.78 is 11.6. The van der Waals surface area contributed by atoms with Crippen LogP contribution in [0.3, 0.4) is 0 Å². The minimum atomic E-state index is -0.0949. The van der Waals surface area contributed by atoms with Gasteiger partial charge in [0.15, 0.2) is 0 Å². The molecule has 1 amide bonds. The first kappa shape index (κ1) is 17.8. The van der Waals surface area contributed by atoms with Crippen molar-refractivity contribution in [1.29, 1.82) is 0 Å². The first-order valence-corrected chi connectivity index (χ1v) is 8.86. The number of hydrogen-bond donors (Lipinski definition) is 1. The van der Waals surface area contributed by atoms with Crippen LogP contribution < -0.4 is 14.8 Å². The van der Waals surface area contributed by atoms with Gasteiger partial charge in [0.05, 0.1) is 6.61 Å². The van der Waals surface area contributed by atoms with Gasteiger partial charge in [0.1, 0.15) is 18.1 Å². The van der Waals surface area contributed by atoms with Crippen molar-refractivity contribution >= 4 is 16.7 Å². The van der Waals surface area contributed by atoms with Crippen LogP contribution in [0.1, 0.15) is 29.8 Å². The van der Waals surface area contributed by atoms with Crippen molar-refractivity contribution in [2.24, 2.45) is 0 Å². The van der Waals surface area contributed by atoms with E-state index in [2.05, 4.69) is 17.4 Å². The predicted octanol–water partition coefficient (Wildman–Crippen LogP) is 4.57. The SMILES string of the molecule is CCNC(=O)c1ccc(OCC)c(COc2ccc3ccccc3c2)c1. The molecule has 0 aromatic heterocycles.